The molecular weight excluding hydrogens is 272 g/mol. The molecule has 0 radical (unpaired) electrons. The summed E-state index contributed by atoms with van der Waals surface area (Å²) >= 11 is 0. The number of nitrogens with zero attached hydrogens (tertiary/aromatic N) is 1. The van der Waals surface area contributed by atoms with E-state index < -0.39 is 5.91 Å². The summed E-state index contributed by atoms with van der Waals surface area (Å²) in [7, 11) is 0. The molecule has 6 nitrogen and oxygen atoms in total. The molecule has 0 saturated heterocycles. The molecule has 0 saturated carbocycles. The number of amides is 1. The SMILES string of the molecule is O=C(N/N=C/c1ccc2c(c1)OCO2)c1ccccc1O. The van der Waals surface area contributed by atoms with Crippen LogP contribution < -0.4 is 14.9 Å². The van der Waals surface area contributed by atoms with Gasteiger partial charge >= 0.3 is 0 Å². The maximum absolute atomic E-state index is 11.8. The molecule has 2 aromatic carbocycles. The molecule has 0 bridgehead atoms. The molecule has 3 rings (SSSR count). The third kappa shape index (κ3) is 2.79. The van der Waals surface area contributed by atoms with Crippen molar-refractivity contribution < 1.29 is 19.4 Å². The van der Waals surface area contributed by atoms with Crippen LogP contribution in [0.3, 0.4) is 0 Å². The van der Waals surface area contributed by atoms with E-state index in [1.54, 1.807) is 30.3 Å². The molecule has 0 aliphatic carbocycles. The first-order chi connectivity index (χ1) is 10.2. The van der Waals surface area contributed by atoms with Gasteiger partial charge in [-0.2, -0.15) is 5.10 Å². The first kappa shape index (κ1) is 13.0. The molecular formula is C15H12N2O4. The van der Waals surface area contributed by atoms with E-state index in [2.05, 4.69) is 10.5 Å². The van der Waals surface area contributed by atoms with Crippen LogP contribution in [-0.4, -0.2) is 24.0 Å². The second kappa shape index (κ2) is 5.54. The fraction of sp³-hybridized carbons (Fsp3) is 0.0667. The number of hydrogen-bond acceptors (Lipinski definition) is 5. The van der Waals surface area contributed by atoms with Crippen LogP contribution in [0.4, 0.5) is 0 Å². The van der Waals surface area contributed by atoms with E-state index in [4.69, 9.17) is 9.47 Å². The number of ether oxygens (including phenoxy) is 2. The van der Waals surface area contributed by atoms with Gasteiger partial charge in [-0.3, -0.25) is 4.79 Å². The molecule has 21 heavy (non-hydrogen) atoms. The predicted octanol–water partition coefficient (Wildman–Crippen LogP) is 1.88. The fourth-order valence-corrected chi connectivity index (χ4v) is 1.88. The summed E-state index contributed by atoms with van der Waals surface area (Å²) in [5, 5.41) is 13.4. The summed E-state index contributed by atoms with van der Waals surface area (Å²) < 4.78 is 10.5. The number of fused-ring (bicyclic) bond motifs is 1. The van der Waals surface area contributed by atoms with Crippen LogP contribution in [0.5, 0.6) is 17.2 Å². The summed E-state index contributed by atoms with van der Waals surface area (Å²) in [6.07, 6.45) is 1.49. The zero-order valence-corrected chi connectivity index (χ0v) is 10.9. The van der Waals surface area contributed by atoms with Crippen LogP contribution in [-0.2, 0) is 0 Å². The number of phenolic OH excluding ortho intramolecular Hbond substituents is 1. The monoisotopic (exact) mass is 284 g/mol. The second-order valence-corrected chi connectivity index (χ2v) is 4.33. The zero-order chi connectivity index (χ0) is 14.7. The maximum Gasteiger partial charge on any atom is 0.275 e. The first-order valence-corrected chi connectivity index (χ1v) is 6.25. The third-order valence-corrected chi connectivity index (χ3v) is 2.93. The Kier molecular flexibility index (Phi) is 3.42. The number of para-hydroxylation sites is 1. The van der Waals surface area contributed by atoms with E-state index in [1.165, 1.54) is 18.3 Å². The van der Waals surface area contributed by atoms with Crippen molar-refractivity contribution in [2.45, 2.75) is 0 Å². The largest absolute Gasteiger partial charge is 0.507 e. The van der Waals surface area contributed by atoms with Crippen molar-refractivity contribution in [2.24, 2.45) is 5.10 Å². The Bertz CT molecular complexity index is 713. The van der Waals surface area contributed by atoms with Gasteiger partial charge in [0, 0.05) is 0 Å². The number of aromatic hydroxyl groups is 1. The maximum atomic E-state index is 11.8. The van der Waals surface area contributed by atoms with Gasteiger partial charge in [-0.05, 0) is 35.9 Å². The number of nitrogens with one attached hydrogen (secondary N) is 1. The van der Waals surface area contributed by atoms with E-state index in [9.17, 15) is 9.90 Å². The van der Waals surface area contributed by atoms with Crippen LogP contribution in [0, 0.1) is 0 Å². The summed E-state index contributed by atoms with van der Waals surface area (Å²) in [5.41, 5.74) is 3.28. The highest BCUT2D eigenvalue weighted by Crippen LogP contribution is 2.31. The van der Waals surface area contributed by atoms with Crippen molar-refractivity contribution in [2.75, 3.05) is 6.79 Å². The first-order valence-electron chi connectivity index (χ1n) is 6.25. The number of hydrazone groups is 1. The Balaban J connectivity index is 1.67. The Hall–Kier alpha value is -3.02. The molecule has 1 aliphatic heterocycles. The van der Waals surface area contributed by atoms with Gasteiger partial charge in [0.15, 0.2) is 11.5 Å². The number of benzene rings is 2. The molecule has 1 heterocycles. The quantitative estimate of drug-likeness (QED) is 0.666. The molecule has 0 atom stereocenters. The van der Waals surface area contributed by atoms with E-state index in [-0.39, 0.29) is 18.1 Å². The van der Waals surface area contributed by atoms with Gasteiger partial charge in [0.25, 0.3) is 5.91 Å². The van der Waals surface area contributed by atoms with Crippen molar-refractivity contribution >= 4 is 12.1 Å². The van der Waals surface area contributed by atoms with Gasteiger partial charge in [-0.25, -0.2) is 5.43 Å². The Morgan fingerprint density at radius 2 is 2.00 bits per heavy atom. The van der Waals surface area contributed by atoms with Gasteiger partial charge in [-0.15, -0.1) is 0 Å². The fourth-order valence-electron chi connectivity index (χ4n) is 1.88. The van der Waals surface area contributed by atoms with Crippen molar-refractivity contribution in [1.29, 1.82) is 0 Å². The van der Waals surface area contributed by atoms with E-state index in [1.807, 2.05) is 0 Å². The Morgan fingerprint density at radius 3 is 2.86 bits per heavy atom. The van der Waals surface area contributed by atoms with Crippen LogP contribution in [0.15, 0.2) is 47.6 Å². The number of rotatable bonds is 3. The van der Waals surface area contributed by atoms with Crippen molar-refractivity contribution in [3.8, 4) is 17.2 Å². The van der Waals surface area contributed by atoms with Gasteiger partial charge in [0.1, 0.15) is 5.75 Å². The average molecular weight is 284 g/mol. The van der Waals surface area contributed by atoms with Crippen molar-refractivity contribution in [3.63, 3.8) is 0 Å². The number of hydrogen-bond donors (Lipinski definition) is 2. The van der Waals surface area contributed by atoms with Crippen molar-refractivity contribution in [1.82, 2.24) is 5.43 Å². The molecule has 0 unspecified atom stereocenters. The van der Waals surface area contributed by atoms with Gasteiger partial charge < -0.3 is 14.6 Å². The predicted molar refractivity (Wildman–Crippen MR) is 75.7 cm³/mol. The summed E-state index contributed by atoms with van der Waals surface area (Å²) in [5.74, 6) is 0.759. The van der Waals surface area contributed by atoms with Gasteiger partial charge in [0.2, 0.25) is 6.79 Å². The van der Waals surface area contributed by atoms with E-state index >= 15 is 0 Å². The minimum atomic E-state index is -0.481. The number of phenols is 1. The standard InChI is InChI=1S/C15H12N2O4/c18-12-4-2-1-3-11(12)15(19)17-16-8-10-5-6-13-14(7-10)21-9-20-13/h1-8,18H,9H2,(H,17,19)/b16-8+. The molecule has 0 spiro atoms. The van der Waals surface area contributed by atoms with Crippen molar-refractivity contribution in [3.05, 3.63) is 53.6 Å². The summed E-state index contributed by atoms with van der Waals surface area (Å²) in [6, 6.07) is 11.6. The molecule has 2 N–H and O–H groups in total. The lowest BCUT2D eigenvalue weighted by molar-refractivity contribution is 0.0952. The molecule has 0 fully saturated rings. The normalized spacial score (nSPS) is 12.6. The van der Waals surface area contributed by atoms with Crippen LogP contribution >= 0.6 is 0 Å². The summed E-state index contributed by atoms with van der Waals surface area (Å²) in [4.78, 5) is 11.8. The van der Waals surface area contributed by atoms with Gasteiger partial charge in [0.05, 0.1) is 11.8 Å². The highest BCUT2D eigenvalue weighted by molar-refractivity contribution is 5.97. The number of carbonyl (C=O) groups excluding carboxylic acids is 1. The molecule has 1 aliphatic rings. The highest BCUT2D eigenvalue weighted by atomic mass is 16.7. The molecule has 106 valence electrons. The average Bonchev–Trinajstić information content (AvgIpc) is 2.95. The lowest BCUT2D eigenvalue weighted by Gasteiger charge is -2.02. The molecule has 1 amide bonds. The molecule has 6 heteroatoms. The Labute approximate surface area is 120 Å². The topological polar surface area (TPSA) is 80.2 Å². The van der Waals surface area contributed by atoms with Crippen LogP contribution in [0.25, 0.3) is 0 Å². The van der Waals surface area contributed by atoms with Crippen LogP contribution in [0.1, 0.15) is 15.9 Å². The Morgan fingerprint density at radius 1 is 1.19 bits per heavy atom. The lowest BCUT2D eigenvalue weighted by atomic mass is 10.2. The van der Waals surface area contributed by atoms with Gasteiger partial charge in [-0.1, -0.05) is 12.1 Å². The third-order valence-electron chi connectivity index (χ3n) is 2.93. The van der Waals surface area contributed by atoms with E-state index in [0.29, 0.717) is 11.5 Å². The second-order valence-electron chi connectivity index (χ2n) is 4.33. The van der Waals surface area contributed by atoms with Crippen LogP contribution in [0.2, 0.25) is 0 Å². The minimum absolute atomic E-state index is 0.0896. The molecule has 0 aromatic heterocycles. The highest BCUT2D eigenvalue weighted by Gasteiger charge is 2.12. The molecule has 2 aromatic rings. The minimum Gasteiger partial charge on any atom is -0.507 e. The zero-order valence-electron chi connectivity index (χ0n) is 10.9. The summed E-state index contributed by atoms with van der Waals surface area (Å²) in [6.45, 7) is 0.208. The lowest BCUT2D eigenvalue weighted by Crippen LogP contribution is -2.17. The smallest absolute Gasteiger partial charge is 0.275 e. The van der Waals surface area contributed by atoms with E-state index in [0.717, 1.165) is 5.56 Å². The number of carbonyl (C=O) groups is 1.